The van der Waals surface area contributed by atoms with E-state index >= 15 is 0 Å². The minimum atomic E-state index is -3.86. The van der Waals surface area contributed by atoms with Crippen LogP contribution in [0.5, 0.6) is 5.75 Å². The van der Waals surface area contributed by atoms with Gasteiger partial charge in [0.2, 0.25) is 0 Å². The van der Waals surface area contributed by atoms with Crippen molar-refractivity contribution in [2.75, 3.05) is 4.72 Å². The smallest absolute Gasteiger partial charge is 0.261 e. The molecule has 0 radical (unpaired) electrons. The molecule has 0 aromatic heterocycles. The summed E-state index contributed by atoms with van der Waals surface area (Å²) in [7, 11) is -3.86. The molecule has 8 heteroatoms. The van der Waals surface area contributed by atoms with Gasteiger partial charge < -0.3 is 5.11 Å². The van der Waals surface area contributed by atoms with E-state index in [-0.39, 0.29) is 27.0 Å². The Bertz CT molecular complexity index is 762. The predicted octanol–water partition coefficient (Wildman–Crippen LogP) is 3.24. The molecule has 0 amide bonds. The van der Waals surface area contributed by atoms with E-state index in [1.807, 2.05) is 0 Å². The van der Waals surface area contributed by atoms with E-state index in [2.05, 4.69) is 9.90 Å². The van der Waals surface area contributed by atoms with Gasteiger partial charge in [0, 0.05) is 0 Å². The number of sulfonamides is 1. The van der Waals surface area contributed by atoms with Gasteiger partial charge in [0.1, 0.15) is 11.4 Å². The van der Waals surface area contributed by atoms with Crippen LogP contribution in [-0.2, 0) is 10.0 Å². The summed E-state index contributed by atoms with van der Waals surface area (Å²) < 4.78 is 26.5. The fraction of sp³-hybridized carbons (Fsp3) is 0. The molecule has 2 rings (SSSR count). The fourth-order valence-corrected chi connectivity index (χ4v) is 2.76. The van der Waals surface area contributed by atoms with Crippen molar-refractivity contribution in [2.45, 2.75) is 4.90 Å². The quantitative estimate of drug-likeness (QED) is 0.669. The van der Waals surface area contributed by atoms with Gasteiger partial charge in [-0.05, 0) is 41.6 Å². The van der Waals surface area contributed by atoms with Crippen molar-refractivity contribution in [3.63, 3.8) is 0 Å². The molecule has 20 heavy (non-hydrogen) atoms. The Labute approximate surface area is 120 Å². The van der Waals surface area contributed by atoms with E-state index in [0.29, 0.717) is 0 Å². The monoisotopic (exact) mass is 312 g/mol. The lowest BCUT2D eigenvalue weighted by atomic mass is 10.3. The zero-order valence-corrected chi connectivity index (χ0v) is 11.5. The van der Waals surface area contributed by atoms with Gasteiger partial charge in [-0.2, -0.15) is 0 Å². The summed E-state index contributed by atoms with van der Waals surface area (Å²) in [5, 5.41) is 12.0. The van der Waals surface area contributed by atoms with Crippen LogP contribution in [0.25, 0.3) is 0 Å². The second kappa shape index (κ2) is 5.48. The maximum absolute atomic E-state index is 12.1. The van der Waals surface area contributed by atoms with E-state index in [0.717, 1.165) is 6.07 Å². The third-order valence-corrected chi connectivity index (χ3v) is 4.11. The fourth-order valence-electron chi connectivity index (χ4n) is 1.49. The lowest BCUT2D eigenvalue weighted by Crippen LogP contribution is -2.12. The molecule has 6 nitrogen and oxygen atoms in total. The van der Waals surface area contributed by atoms with Crippen LogP contribution in [-0.4, -0.2) is 13.5 Å². The Balaban J connectivity index is 2.35. The minimum Gasteiger partial charge on any atom is -0.506 e. The van der Waals surface area contributed by atoms with Crippen molar-refractivity contribution in [1.29, 1.82) is 0 Å². The molecule has 0 saturated carbocycles. The summed E-state index contributed by atoms with van der Waals surface area (Å²) in [5.74, 6) is -0.151. The summed E-state index contributed by atoms with van der Waals surface area (Å²) in [6.45, 7) is 0. The highest BCUT2D eigenvalue weighted by Crippen LogP contribution is 2.28. The number of nitrogens with zero attached hydrogens (tertiary/aromatic N) is 1. The van der Waals surface area contributed by atoms with Crippen LogP contribution in [0.3, 0.4) is 0 Å². The maximum Gasteiger partial charge on any atom is 0.261 e. The molecule has 0 atom stereocenters. The SMILES string of the molecule is O=Nc1cccc(S(=O)(=O)Nc2ccc(O)c(Cl)c2)c1. The second-order valence-corrected chi connectivity index (χ2v) is 5.95. The average Bonchev–Trinajstić information content (AvgIpc) is 2.43. The minimum absolute atomic E-state index is 0.0108. The summed E-state index contributed by atoms with van der Waals surface area (Å²) in [4.78, 5) is 10.3. The molecule has 104 valence electrons. The van der Waals surface area contributed by atoms with Gasteiger partial charge in [-0.3, -0.25) is 4.72 Å². The van der Waals surface area contributed by atoms with Gasteiger partial charge in [-0.15, -0.1) is 4.91 Å². The van der Waals surface area contributed by atoms with Gasteiger partial charge >= 0.3 is 0 Å². The van der Waals surface area contributed by atoms with Gasteiger partial charge in [0.25, 0.3) is 10.0 Å². The number of benzene rings is 2. The first-order valence-electron chi connectivity index (χ1n) is 5.37. The molecule has 2 N–H and O–H groups in total. The lowest BCUT2D eigenvalue weighted by molar-refractivity contribution is 0.475. The standard InChI is InChI=1S/C12H9ClN2O4S/c13-11-7-9(4-5-12(11)16)15-20(18,19)10-3-1-2-8(6-10)14-17/h1-7,15-16H. The highest BCUT2D eigenvalue weighted by molar-refractivity contribution is 7.92. The van der Waals surface area contributed by atoms with Crippen LogP contribution in [0.1, 0.15) is 0 Å². The highest BCUT2D eigenvalue weighted by Gasteiger charge is 2.15. The molecule has 0 spiro atoms. The van der Waals surface area contributed by atoms with Crippen molar-refractivity contribution in [1.82, 2.24) is 0 Å². The number of phenols is 1. The number of halogens is 1. The Morgan fingerprint density at radius 1 is 1.15 bits per heavy atom. The molecule has 2 aromatic carbocycles. The topological polar surface area (TPSA) is 95.8 Å². The number of hydrogen-bond acceptors (Lipinski definition) is 5. The largest absolute Gasteiger partial charge is 0.506 e. The van der Waals surface area contributed by atoms with Crippen molar-refractivity contribution in [3.05, 3.63) is 52.4 Å². The summed E-state index contributed by atoms with van der Waals surface area (Å²) >= 11 is 5.70. The molecule has 0 heterocycles. The highest BCUT2D eigenvalue weighted by atomic mass is 35.5. The first kappa shape index (κ1) is 14.3. The van der Waals surface area contributed by atoms with Crippen molar-refractivity contribution >= 4 is 33.0 Å². The summed E-state index contributed by atoms with van der Waals surface area (Å²) in [6, 6.07) is 9.19. The first-order chi connectivity index (χ1) is 9.42. The zero-order chi connectivity index (χ0) is 14.8. The third-order valence-electron chi connectivity index (χ3n) is 2.43. The van der Waals surface area contributed by atoms with E-state index in [4.69, 9.17) is 11.6 Å². The van der Waals surface area contributed by atoms with Crippen LogP contribution < -0.4 is 4.72 Å². The number of nitroso groups, excluding NO2 is 1. The zero-order valence-electron chi connectivity index (χ0n) is 9.95. The molecule has 0 unspecified atom stereocenters. The van der Waals surface area contributed by atoms with Gasteiger partial charge in [0.05, 0.1) is 15.6 Å². The lowest BCUT2D eigenvalue weighted by Gasteiger charge is -2.09. The third kappa shape index (κ3) is 3.06. The van der Waals surface area contributed by atoms with Gasteiger partial charge in [0.15, 0.2) is 0 Å². The number of rotatable bonds is 4. The van der Waals surface area contributed by atoms with E-state index in [1.165, 1.54) is 36.4 Å². The number of phenolic OH excluding ortho intramolecular Hbond substituents is 1. The number of nitrogens with one attached hydrogen (secondary N) is 1. The molecule has 2 aromatic rings. The molecule has 0 saturated heterocycles. The Kier molecular flexibility index (Phi) is 3.91. The van der Waals surface area contributed by atoms with Crippen LogP contribution in [0.15, 0.2) is 52.5 Å². The Morgan fingerprint density at radius 2 is 1.90 bits per heavy atom. The molecular weight excluding hydrogens is 304 g/mol. The molecular formula is C12H9ClN2O4S. The Hall–Kier alpha value is -2.12. The van der Waals surface area contributed by atoms with Crippen molar-refractivity contribution in [2.24, 2.45) is 5.18 Å². The van der Waals surface area contributed by atoms with E-state index < -0.39 is 10.0 Å². The van der Waals surface area contributed by atoms with Crippen LogP contribution in [0.4, 0.5) is 11.4 Å². The molecule has 0 aliphatic heterocycles. The number of anilines is 1. The average molecular weight is 313 g/mol. The first-order valence-corrected chi connectivity index (χ1v) is 7.23. The van der Waals surface area contributed by atoms with Crippen LogP contribution in [0.2, 0.25) is 5.02 Å². The summed E-state index contributed by atoms with van der Waals surface area (Å²) in [6.07, 6.45) is 0. The van der Waals surface area contributed by atoms with Crippen LogP contribution >= 0.6 is 11.6 Å². The maximum atomic E-state index is 12.1. The number of aromatic hydroxyl groups is 1. The van der Waals surface area contributed by atoms with Crippen LogP contribution in [0, 0.1) is 4.91 Å². The molecule has 0 aliphatic carbocycles. The second-order valence-electron chi connectivity index (χ2n) is 3.86. The van der Waals surface area contributed by atoms with E-state index in [9.17, 15) is 18.4 Å². The van der Waals surface area contributed by atoms with Crippen molar-refractivity contribution < 1.29 is 13.5 Å². The normalized spacial score (nSPS) is 11.1. The van der Waals surface area contributed by atoms with Gasteiger partial charge in [-0.1, -0.05) is 17.7 Å². The number of hydrogen-bond donors (Lipinski definition) is 2. The predicted molar refractivity (Wildman–Crippen MR) is 75.8 cm³/mol. The molecule has 0 aliphatic rings. The Morgan fingerprint density at radius 3 is 2.55 bits per heavy atom. The molecule has 0 fully saturated rings. The van der Waals surface area contributed by atoms with Gasteiger partial charge in [-0.25, -0.2) is 8.42 Å². The molecule has 0 bridgehead atoms. The van der Waals surface area contributed by atoms with Crippen molar-refractivity contribution in [3.8, 4) is 5.75 Å². The van der Waals surface area contributed by atoms with E-state index in [1.54, 1.807) is 0 Å². The summed E-state index contributed by atoms with van der Waals surface area (Å²) in [5.41, 5.74) is 0.203.